The van der Waals surface area contributed by atoms with Crippen molar-refractivity contribution in [2.24, 2.45) is 0 Å². The zero-order valence-corrected chi connectivity index (χ0v) is 11.5. The fraction of sp³-hybridized carbons (Fsp3) is 0.462. The van der Waals surface area contributed by atoms with Crippen molar-refractivity contribution in [3.05, 3.63) is 35.4 Å². The Hall–Kier alpha value is -1.20. The van der Waals surface area contributed by atoms with Gasteiger partial charge in [0.25, 0.3) is 0 Å². The van der Waals surface area contributed by atoms with E-state index >= 15 is 0 Å². The lowest BCUT2D eigenvalue weighted by molar-refractivity contribution is -0.133. The van der Waals surface area contributed by atoms with Crippen LogP contribution in [0.3, 0.4) is 0 Å². The Balaban J connectivity index is 0.00000180. The van der Waals surface area contributed by atoms with Crippen molar-refractivity contribution in [1.29, 1.82) is 0 Å². The van der Waals surface area contributed by atoms with Crippen LogP contribution in [0.2, 0.25) is 0 Å². The van der Waals surface area contributed by atoms with Gasteiger partial charge in [-0.05, 0) is 24.6 Å². The fourth-order valence-corrected chi connectivity index (χ4v) is 2.14. The number of rotatable bonds is 2. The molecule has 1 N–H and O–H groups in total. The molecule has 1 fully saturated rings. The van der Waals surface area contributed by atoms with Crippen molar-refractivity contribution < 1.29 is 13.6 Å². The highest BCUT2D eigenvalue weighted by atomic mass is 35.5. The lowest BCUT2D eigenvalue weighted by Crippen LogP contribution is -2.52. The van der Waals surface area contributed by atoms with E-state index in [2.05, 4.69) is 5.32 Å². The molecule has 0 spiro atoms. The van der Waals surface area contributed by atoms with Gasteiger partial charge in [-0.25, -0.2) is 8.78 Å². The topological polar surface area (TPSA) is 32.3 Å². The highest BCUT2D eigenvalue weighted by molar-refractivity contribution is 5.85. The largest absolute Gasteiger partial charge is 0.337 e. The number of hydrogen-bond donors (Lipinski definition) is 1. The molecule has 2 rings (SSSR count). The van der Waals surface area contributed by atoms with Gasteiger partial charge in [-0.3, -0.25) is 4.79 Å². The predicted molar refractivity (Wildman–Crippen MR) is 71.4 cm³/mol. The van der Waals surface area contributed by atoms with E-state index in [0.29, 0.717) is 12.1 Å². The van der Waals surface area contributed by atoms with E-state index in [9.17, 15) is 13.6 Å². The maximum absolute atomic E-state index is 13.0. The Morgan fingerprint density at radius 3 is 2.79 bits per heavy atom. The predicted octanol–water partition coefficient (Wildman–Crippen LogP) is 1.75. The van der Waals surface area contributed by atoms with Gasteiger partial charge in [0.1, 0.15) is 0 Å². The Morgan fingerprint density at radius 1 is 1.42 bits per heavy atom. The number of nitrogens with zero attached hydrogens (tertiary/aromatic N) is 1. The number of carbonyl (C=O) groups is 1. The third-order valence-corrected chi connectivity index (χ3v) is 3.16. The molecule has 1 unspecified atom stereocenters. The summed E-state index contributed by atoms with van der Waals surface area (Å²) in [5.74, 6) is -1.84. The third-order valence-electron chi connectivity index (χ3n) is 3.16. The molecule has 0 saturated carbocycles. The van der Waals surface area contributed by atoms with E-state index in [4.69, 9.17) is 0 Å². The van der Waals surface area contributed by atoms with Crippen LogP contribution in [-0.4, -0.2) is 36.5 Å². The van der Waals surface area contributed by atoms with Gasteiger partial charge in [0, 0.05) is 25.7 Å². The molecular weight excluding hydrogens is 274 g/mol. The molecule has 1 aliphatic heterocycles. The molecule has 1 aromatic rings. The average molecular weight is 291 g/mol. The molecule has 1 aliphatic rings. The highest BCUT2D eigenvalue weighted by Crippen LogP contribution is 2.12. The molecule has 106 valence electrons. The van der Waals surface area contributed by atoms with Crippen LogP contribution in [0.4, 0.5) is 8.78 Å². The smallest absolute Gasteiger partial charge is 0.227 e. The molecule has 19 heavy (non-hydrogen) atoms. The van der Waals surface area contributed by atoms with Gasteiger partial charge in [0.2, 0.25) is 5.91 Å². The van der Waals surface area contributed by atoms with Crippen molar-refractivity contribution in [2.45, 2.75) is 19.4 Å². The first kappa shape index (κ1) is 15.9. The van der Waals surface area contributed by atoms with Crippen molar-refractivity contribution in [3.63, 3.8) is 0 Å². The monoisotopic (exact) mass is 290 g/mol. The average Bonchev–Trinajstić information content (AvgIpc) is 2.34. The normalized spacial score (nSPS) is 18.9. The summed E-state index contributed by atoms with van der Waals surface area (Å²) in [6, 6.07) is 3.72. The first-order valence-electron chi connectivity index (χ1n) is 6.02. The molecule has 1 aromatic carbocycles. The summed E-state index contributed by atoms with van der Waals surface area (Å²) in [6.07, 6.45) is 0.113. The quantitative estimate of drug-likeness (QED) is 0.900. The zero-order valence-electron chi connectivity index (χ0n) is 10.7. The zero-order chi connectivity index (χ0) is 13.1. The van der Waals surface area contributed by atoms with Gasteiger partial charge in [0.05, 0.1) is 6.42 Å². The number of benzene rings is 1. The summed E-state index contributed by atoms with van der Waals surface area (Å²) in [5, 5.41) is 3.20. The molecule has 1 atom stereocenters. The van der Waals surface area contributed by atoms with Gasteiger partial charge in [-0.2, -0.15) is 0 Å². The van der Waals surface area contributed by atoms with E-state index in [1.54, 1.807) is 4.90 Å². The number of amides is 1. The SMILES string of the molecule is CC1CNCCN1C(=O)Cc1ccc(F)c(F)c1.Cl. The van der Waals surface area contributed by atoms with Crippen molar-refractivity contribution in [3.8, 4) is 0 Å². The van der Waals surface area contributed by atoms with E-state index in [1.807, 2.05) is 6.92 Å². The van der Waals surface area contributed by atoms with Crippen LogP contribution in [0.1, 0.15) is 12.5 Å². The summed E-state index contributed by atoms with van der Waals surface area (Å²) in [5.41, 5.74) is 0.504. The Labute approximate surface area is 117 Å². The molecule has 1 heterocycles. The summed E-state index contributed by atoms with van der Waals surface area (Å²) in [7, 11) is 0. The second-order valence-electron chi connectivity index (χ2n) is 4.57. The van der Waals surface area contributed by atoms with E-state index < -0.39 is 11.6 Å². The second-order valence-corrected chi connectivity index (χ2v) is 4.57. The lowest BCUT2D eigenvalue weighted by Gasteiger charge is -2.34. The molecule has 1 saturated heterocycles. The van der Waals surface area contributed by atoms with Gasteiger partial charge in [-0.15, -0.1) is 12.4 Å². The molecule has 0 bridgehead atoms. The first-order valence-corrected chi connectivity index (χ1v) is 6.02. The summed E-state index contributed by atoms with van der Waals surface area (Å²) in [6.45, 7) is 4.16. The molecule has 6 heteroatoms. The van der Waals surface area contributed by atoms with Crippen LogP contribution < -0.4 is 5.32 Å². The minimum absolute atomic E-state index is 0. The Kier molecular flexibility index (Phi) is 5.69. The highest BCUT2D eigenvalue weighted by Gasteiger charge is 2.22. The number of nitrogens with one attached hydrogen (secondary N) is 1. The van der Waals surface area contributed by atoms with Crippen LogP contribution in [0, 0.1) is 11.6 Å². The van der Waals surface area contributed by atoms with Crippen molar-refractivity contribution in [1.82, 2.24) is 10.2 Å². The van der Waals surface area contributed by atoms with E-state index in [0.717, 1.165) is 25.2 Å². The van der Waals surface area contributed by atoms with Crippen molar-refractivity contribution >= 4 is 18.3 Å². The van der Waals surface area contributed by atoms with Crippen LogP contribution >= 0.6 is 12.4 Å². The minimum Gasteiger partial charge on any atom is -0.337 e. The summed E-state index contributed by atoms with van der Waals surface area (Å²) >= 11 is 0. The van der Waals surface area contributed by atoms with Crippen molar-refractivity contribution in [2.75, 3.05) is 19.6 Å². The van der Waals surface area contributed by atoms with E-state index in [-0.39, 0.29) is 30.8 Å². The van der Waals surface area contributed by atoms with Gasteiger partial charge in [0.15, 0.2) is 11.6 Å². The van der Waals surface area contributed by atoms with Crippen LogP contribution in [0.25, 0.3) is 0 Å². The van der Waals surface area contributed by atoms with E-state index in [1.165, 1.54) is 6.07 Å². The molecule has 0 aromatic heterocycles. The van der Waals surface area contributed by atoms with Gasteiger partial charge in [-0.1, -0.05) is 6.07 Å². The number of halogens is 3. The molecule has 1 amide bonds. The second kappa shape index (κ2) is 6.82. The summed E-state index contributed by atoms with van der Waals surface area (Å²) < 4.78 is 25.8. The number of hydrogen-bond acceptors (Lipinski definition) is 2. The Morgan fingerprint density at radius 2 is 2.16 bits per heavy atom. The number of carbonyl (C=O) groups excluding carboxylic acids is 1. The van der Waals surface area contributed by atoms with Crippen LogP contribution in [0.5, 0.6) is 0 Å². The van der Waals surface area contributed by atoms with Crippen LogP contribution in [0.15, 0.2) is 18.2 Å². The maximum atomic E-state index is 13.0. The standard InChI is InChI=1S/C13H16F2N2O.ClH/c1-9-8-16-4-5-17(9)13(18)7-10-2-3-11(14)12(15)6-10;/h2-3,6,9,16H,4-5,7-8H2,1H3;1H. The maximum Gasteiger partial charge on any atom is 0.227 e. The first-order chi connectivity index (χ1) is 8.58. The Bertz CT molecular complexity index is 456. The van der Waals surface area contributed by atoms with Gasteiger partial charge < -0.3 is 10.2 Å². The summed E-state index contributed by atoms with van der Waals surface area (Å²) in [4.78, 5) is 13.8. The fourth-order valence-electron chi connectivity index (χ4n) is 2.14. The molecular formula is C13H17ClF2N2O. The minimum atomic E-state index is -0.909. The molecule has 0 radical (unpaired) electrons. The number of piperazine rings is 1. The molecule has 0 aliphatic carbocycles. The molecule has 3 nitrogen and oxygen atoms in total. The van der Waals surface area contributed by atoms with Gasteiger partial charge >= 0.3 is 0 Å². The lowest BCUT2D eigenvalue weighted by atomic mass is 10.1. The third kappa shape index (κ3) is 3.88. The van der Waals surface area contributed by atoms with Crippen LogP contribution in [-0.2, 0) is 11.2 Å².